The van der Waals surface area contributed by atoms with Crippen LogP contribution in [0, 0.1) is 18.3 Å². The minimum atomic E-state index is -3.89. The summed E-state index contributed by atoms with van der Waals surface area (Å²) >= 11 is 6.20. The van der Waals surface area contributed by atoms with E-state index in [4.69, 9.17) is 27.0 Å². The third kappa shape index (κ3) is 3.69. The fraction of sp³-hybridized carbons (Fsp3) is 0.188. The van der Waals surface area contributed by atoms with Crippen LogP contribution in [0.5, 0.6) is 5.88 Å². The number of methoxy groups -OCH3 is 1. The van der Waals surface area contributed by atoms with Crippen LogP contribution in [0.25, 0.3) is 11.1 Å². The van der Waals surface area contributed by atoms with Gasteiger partial charge in [-0.1, -0.05) is 29.3 Å². The van der Waals surface area contributed by atoms with E-state index in [9.17, 15) is 8.42 Å². The van der Waals surface area contributed by atoms with Crippen molar-refractivity contribution in [1.29, 1.82) is 5.26 Å². The Morgan fingerprint density at radius 3 is 2.52 bits per heavy atom. The minimum absolute atomic E-state index is 0.0678. The van der Waals surface area contributed by atoms with Crippen molar-refractivity contribution in [3.63, 3.8) is 0 Å². The van der Waals surface area contributed by atoms with Gasteiger partial charge in [0.1, 0.15) is 0 Å². The van der Waals surface area contributed by atoms with Crippen molar-refractivity contribution in [2.45, 2.75) is 16.5 Å². The highest BCUT2D eigenvalue weighted by atomic mass is 35.5. The summed E-state index contributed by atoms with van der Waals surface area (Å²) in [7, 11) is -2.60. The topological polar surface area (TPSA) is 106 Å². The Morgan fingerprint density at radius 2 is 2.00 bits per heavy atom. The molecular weight excluding hydrogens is 364 g/mol. The maximum Gasteiger partial charge on any atom is 0.335 e. The van der Waals surface area contributed by atoms with Gasteiger partial charge in [-0.05, 0) is 23.7 Å². The summed E-state index contributed by atoms with van der Waals surface area (Å²) in [4.78, 5) is 0.0678. The highest BCUT2D eigenvalue weighted by Gasteiger charge is 2.32. The van der Waals surface area contributed by atoms with Crippen LogP contribution in [0.3, 0.4) is 0 Å². The first-order valence-corrected chi connectivity index (χ1v) is 8.92. The lowest BCUT2D eigenvalue weighted by molar-refractivity contribution is -0.642. The van der Waals surface area contributed by atoms with Crippen LogP contribution >= 0.6 is 11.6 Å². The molecule has 1 heterocycles. The number of halogens is 1. The molecule has 0 spiro atoms. The molecule has 0 aliphatic rings. The summed E-state index contributed by atoms with van der Waals surface area (Å²) in [5.74, 6) is 1.58. The van der Waals surface area contributed by atoms with Crippen LogP contribution in [-0.4, -0.2) is 26.5 Å². The van der Waals surface area contributed by atoms with E-state index in [1.807, 2.05) is 6.92 Å². The molecule has 2 aromatic rings. The number of hydrogen-bond acceptors (Lipinski definition) is 5. The number of allylic oxidation sites excluding steroid dienone is 1. The van der Waals surface area contributed by atoms with Gasteiger partial charge in [0.15, 0.2) is 20.6 Å². The van der Waals surface area contributed by atoms with Crippen molar-refractivity contribution in [3.05, 3.63) is 53.1 Å². The fourth-order valence-electron chi connectivity index (χ4n) is 2.01. The van der Waals surface area contributed by atoms with E-state index in [1.54, 1.807) is 24.1 Å². The molecule has 0 saturated carbocycles. The zero-order valence-corrected chi connectivity index (χ0v) is 14.9. The second-order valence-electron chi connectivity index (χ2n) is 4.97. The van der Waals surface area contributed by atoms with Gasteiger partial charge in [0, 0.05) is 11.2 Å². The number of benzene rings is 1. The first-order chi connectivity index (χ1) is 11.8. The molecule has 2 rings (SSSR count). The van der Waals surface area contributed by atoms with Crippen molar-refractivity contribution in [1.82, 2.24) is 5.10 Å². The average Bonchev–Trinajstić information content (AvgIpc) is 2.62. The van der Waals surface area contributed by atoms with E-state index in [0.717, 1.165) is 10.2 Å². The standard InChI is InChI=1S/C16H13ClN4O3S/c1-11-3-5-13(6-4-11)25(22,23)15(17)14-7-8-21(12(9-18)10-19)20-16(14)24-2/h3-8,15H,1-2H3. The maximum absolute atomic E-state index is 12.7. The third-order valence-corrected chi connectivity index (χ3v) is 6.01. The van der Waals surface area contributed by atoms with Crippen molar-refractivity contribution in [3.8, 4) is 11.9 Å². The van der Waals surface area contributed by atoms with Gasteiger partial charge in [-0.15, -0.1) is 0 Å². The molecule has 0 aliphatic carbocycles. The Labute approximate surface area is 150 Å². The molecular formula is C16H13ClN4O3S. The van der Waals surface area contributed by atoms with Crippen molar-refractivity contribution < 1.29 is 17.8 Å². The summed E-state index contributed by atoms with van der Waals surface area (Å²) < 4.78 is 30.1. The lowest BCUT2D eigenvalue weighted by Crippen LogP contribution is -2.36. The molecule has 1 aromatic heterocycles. The number of hydrogen-bond donors (Lipinski definition) is 0. The number of alkyl halides is 1. The van der Waals surface area contributed by atoms with Crippen LogP contribution in [-0.2, 0) is 9.84 Å². The largest absolute Gasteiger partial charge is 0.757 e. The molecule has 0 bridgehead atoms. The maximum atomic E-state index is 12.7. The number of ether oxygens (including phenoxy) is 1. The summed E-state index contributed by atoms with van der Waals surface area (Å²) in [6.07, 6.45) is 1.28. The number of rotatable bonds is 5. The first kappa shape index (κ1) is 18.6. The van der Waals surface area contributed by atoms with E-state index in [0.29, 0.717) is 0 Å². The van der Waals surface area contributed by atoms with Crippen LogP contribution in [0.15, 0.2) is 41.4 Å². The van der Waals surface area contributed by atoms with Gasteiger partial charge < -0.3 is 10.1 Å². The molecule has 9 heteroatoms. The molecule has 0 aliphatic heterocycles. The highest BCUT2D eigenvalue weighted by molar-refractivity contribution is 7.92. The highest BCUT2D eigenvalue weighted by Crippen LogP contribution is 2.36. The molecule has 128 valence electrons. The second-order valence-corrected chi connectivity index (χ2v) is 7.70. The Balaban J connectivity index is 2.52. The second kappa shape index (κ2) is 7.45. The van der Waals surface area contributed by atoms with E-state index in [1.165, 1.54) is 31.5 Å². The number of sulfone groups is 1. The predicted molar refractivity (Wildman–Crippen MR) is 91.6 cm³/mol. The molecule has 0 fully saturated rings. The van der Waals surface area contributed by atoms with Crippen molar-refractivity contribution >= 4 is 33.0 Å². The normalized spacial score (nSPS) is 11.9. The Kier molecular flexibility index (Phi) is 5.55. The lowest BCUT2D eigenvalue weighted by Gasteiger charge is -2.13. The summed E-state index contributed by atoms with van der Waals surface area (Å²) in [5.41, 5.74) is 0.731. The SMILES string of the molecule is COc1n[n+](C(=C=[N-])C#N)ccc1C(Cl)S(=O)(=O)c1ccc(C)cc1. The molecule has 0 amide bonds. The van der Waals surface area contributed by atoms with Crippen LogP contribution < -0.4 is 9.42 Å². The minimum Gasteiger partial charge on any atom is -0.757 e. The van der Waals surface area contributed by atoms with Gasteiger partial charge in [0.05, 0.1) is 17.6 Å². The summed E-state index contributed by atoms with van der Waals surface area (Å²) in [6.45, 7) is 1.84. The smallest absolute Gasteiger partial charge is 0.335 e. The van der Waals surface area contributed by atoms with Crippen LogP contribution in [0.2, 0.25) is 0 Å². The van der Waals surface area contributed by atoms with Gasteiger partial charge in [-0.25, -0.2) is 8.42 Å². The molecule has 1 atom stereocenters. The third-order valence-electron chi connectivity index (χ3n) is 3.34. The molecule has 7 nitrogen and oxygen atoms in total. The zero-order chi connectivity index (χ0) is 18.6. The van der Waals surface area contributed by atoms with Gasteiger partial charge in [-0.2, -0.15) is 11.1 Å². The van der Waals surface area contributed by atoms with Gasteiger partial charge in [-0.3, -0.25) is 0 Å². The first-order valence-electron chi connectivity index (χ1n) is 6.94. The number of aromatic nitrogens is 2. The Hall–Kier alpha value is -2.72. The molecule has 0 N–H and O–H groups in total. The number of nitriles is 1. The summed E-state index contributed by atoms with van der Waals surface area (Å²) in [5, 5.41) is 21.7. The monoisotopic (exact) mass is 376 g/mol. The van der Waals surface area contributed by atoms with E-state index in [2.05, 4.69) is 5.10 Å². The summed E-state index contributed by atoms with van der Waals surface area (Å²) in [6, 6.07) is 9.32. The van der Waals surface area contributed by atoms with Gasteiger partial charge in [0.25, 0.3) is 5.88 Å². The van der Waals surface area contributed by atoms with E-state index >= 15 is 0 Å². The van der Waals surface area contributed by atoms with Crippen molar-refractivity contribution in [2.24, 2.45) is 0 Å². The van der Waals surface area contributed by atoms with Crippen molar-refractivity contribution in [2.75, 3.05) is 7.11 Å². The molecule has 0 saturated heterocycles. The Morgan fingerprint density at radius 1 is 1.36 bits per heavy atom. The quantitative estimate of drug-likeness (QED) is 0.343. The van der Waals surface area contributed by atoms with Gasteiger partial charge in [0.2, 0.25) is 6.20 Å². The van der Waals surface area contributed by atoms with E-state index in [-0.39, 0.29) is 22.0 Å². The number of nitrogens with zero attached hydrogens (tertiary/aromatic N) is 4. The van der Waals surface area contributed by atoms with Crippen LogP contribution in [0.4, 0.5) is 0 Å². The molecule has 1 unspecified atom stereocenters. The Bertz CT molecular complexity index is 991. The molecule has 1 aromatic carbocycles. The number of aryl methyl sites for hydroxylation is 1. The molecule has 0 radical (unpaired) electrons. The zero-order valence-electron chi connectivity index (χ0n) is 13.3. The average molecular weight is 377 g/mol. The molecule has 25 heavy (non-hydrogen) atoms. The van der Waals surface area contributed by atoms with Gasteiger partial charge >= 0.3 is 5.70 Å². The van der Waals surface area contributed by atoms with Crippen LogP contribution in [0.1, 0.15) is 15.8 Å². The fourth-order valence-corrected chi connectivity index (χ4v) is 3.75. The lowest BCUT2D eigenvalue weighted by atomic mass is 10.2. The predicted octanol–water partition coefficient (Wildman–Crippen LogP) is 2.00. The van der Waals surface area contributed by atoms with E-state index < -0.39 is 14.5 Å².